The molecule has 1 aliphatic heterocycles. The molecule has 1 atom stereocenters. The van der Waals surface area contributed by atoms with Crippen LogP contribution in [0.4, 0.5) is 17.5 Å². The molecule has 148 valence electrons. The molecule has 1 saturated heterocycles. The fourth-order valence-electron chi connectivity index (χ4n) is 3.87. The summed E-state index contributed by atoms with van der Waals surface area (Å²) in [7, 11) is 0. The Bertz CT molecular complexity index is 824. The molecule has 1 aromatic carbocycles. The number of benzene rings is 1. The average molecular weight is 379 g/mol. The second kappa shape index (κ2) is 9.52. The molecule has 1 aromatic heterocycles. The van der Waals surface area contributed by atoms with Crippen molar-refractivity contribution in [3.63, 3.8) is 0 Å². The van der Waals surface area contributed by atoms with Gasteiger partial charge in [-0.15, -0.1) is 0 Å². The fraction of sp³-hybridized carbons (Fsp3) is 0.500. The summed E-state index contributed by atoms with van der Waals surface area (Å²) in [6, 6.07) is 12.3. The van der Waals surface area contributed by atoms with Crippen molar-refractivity contribution in [1.82, 2.24) is 14.9 Å². The first kappa shape index (κ1) is 20.1. The van der Waals surface area contributed by atoms with E-state index in [9.17, 15) is 0 Å². The summed E-state index contributed by atoms with van der Waals surface area (Å²) in [5.74, 6) is 1.59. The number of aryl methyl sites for hydroxylation is 1. The summed E-state index contributed by atoms with van der Waals surface area (Å²) in [5.41, 5.74) is 2.51. The van der Waals surface area contributed by atoms with Gasteiger partial charge in [0.15, 0.2) is 0 Å². The summed E-state index contributed by atoms with van der Waals surface area (Å²) in [6.45, 7) is 10.8. The first-order valence-electron chi connectivity index (χ1n) is 10.3. The van der Waals surface area contributed by atoms with E-state index < -0.39 is 0 Å². The molecule has 0 amide bonds. The van der Waals surface area contributed by atoms with Gasteiger partial charge in [-0.1, -0.05) is 33.3 Å². The zero-order valence-electron chi connectivity index (χ0n) is 17.1. The third-order valence-electron chi connectivity index (χ3n) is 5.34. The Morgan fingerprint density at radius 2 is 2.04 bits per heavy atom. The maximum absolute atomic E-state index is 9.12. The minimum absolute atomic E-state index is 0.586. The SMILES string of the molecule is CCCc1cc(N2CCC(N(CC)CC)C2)nc(Nc2cccc(C#N)c2)n1. The van der Waals surface area contributed by atoms with Crippen LogP contribution in [-0.2, 0) is 6.42 Å². The number of nitrogens with one attached hydrogen (secondary N) is 1. The van der Waals surface area contributed by atoms with Crippen LogP contribution in [-0.4, -0.2) is 47.1 Å². The normalized spacial score (nSPS) is 16.4. The molecule has 28 heavy (non-hydrogen) atoms. The van der Waals surface area contributed by atoms with Crippen molar-refractivity contribution in [3.05, 3.63) is 41.6 Å². The highest BCUT2D eigenvalue weighted by Gasteiger charge is 2.27. The van der Waals surface area contributed by atoms with Crippen LogP contribution in [0, 0.1) is 11.3 Å². The fourth-order valence-corrected chi connectivity index (χ4v) is 3.87. The first-order chi connectivity index (χ1) is 13.7. The molecule has 0 bridgehead atoms. The van der Waals surface area contributed by atoms with E-state index in [1.807, 2.05) is 18.2 Å². The molecular formula is C22H30N6. The highest BCUT2D eigenvalue weighted by atomic mass is 15.3. The topological polar surface area (TPSA) is 68.1 Å². The molecule has 0 spiro atoms. The molecule has 2 aromatic rings. The van der Waals surface area contributed by atoms with E-state index in [2.05, 4.69) is 53.0 Å². The molecular weight excluding hydrogens is 348 g/mol. The number of hydrogen-bond acceptors (Lipinski definition) is 6. The van der Waals surface area contributed by atoms with Crippen LogP contribution in [0.3, 0.4) is 0 Å². The molecule has 3 rings (SSSR count). The summed E-state index contributed by atoms with van der Waals surface area (Å²) in [6.07, 6.45) is 3.14. The molecule has 1 unspecified atom stereocenters. The van der Waals surface area contributed by atoms with Gasteiger partial charge in [0, 0.05) is 36.6 Å². The molecule has 0 saturated carbocycles. The Morgan fingerprint density at radius 3 is 2.75 bits per heavy atom. The Hall–Kier alpha value is -2.65. The second-order valence-electron chi connectivity index (χ2n) is 7.22. The lowest BCUT2D eigenvalue weighted by Gasteiger charge is -2.26. The molecule has 0 aliphatic carbocycles. The van der Waals surface area contributed by atoms with Gasteiger partial charge in [-0.05, 0) is 44.1 Å². The Balaban J connectivity index is 1.82. The van der Waals surface area contributed by atoms with Crippen molar-refractivity contribution in [2.24, 2.45) is 0 Å². The van der Waals surface area contributed by atoms with Gasteiger partial charge in [0.2, 0.25) is 5.95 Å². The van der Waals surface area contributed by atoms with Gasteiger partial charge in [-0.3, -0.25) is 4.90 Å². The quantitative estimate of drug-likeness (QED) is 0.750. The van der Waals surface area contributed by atoms with Crippen LogP contribution in [0.2, 0.25) is 0 Å². The monoisotopic (exact) mass is 378 g/mol. The van der Waals surface area contributed by atoms with E-state index in [1.165, 1.54) is 6.42 Å². The van der Waals surface area contributed by atoms with E-state index in [0.29, 0.717) is 17.6 Å². The maximum atomic E-state index is 9.12. The lowest BCUT2D eigenvalue weighted by atomic mass is 10.2. The van der Waals surface area contributed by atoms with E-state index in [-0.39, 0.29) is 0 Å². The molecule has 1 N–H and O–H groups in total. The lowest BCUT2D eigenvalue weighted by Crippen LogP contribution is -2.37. The molecule has 0 radical (unpaired) electrons. The summed E-state index contributed by atoms with van der Waals surface area (Å²) in [4.78, 5) is 14.4. The zero-order chi connectivity index (χ0) is 19.9. The van der Waals surface area contributed by atoms with E-state index in [0.717, 1.165) is 56.2 Å². The largest absolute Gasteiger partial charge is 0.355 e. The van der Waals surface area contributed by atoms with Gasteiger partial charge in [0.1, 0.15) is 5.82 Å². The van der Waals surface area contributed by atoms with Crippen LogP contribution >= 0.6 is 0 Å². The van der Waals surface area contributed by atoms with E-state index in [4.69, 9.17) is 10.2 Å². The van der Waals surface area contributed by atoms with E-state index in [1.54, 1.807) is 6.07 Å². The molecule has 6 heteroatoms. The average Bonchev–Trinajstić information content (AvgIpc) is 3.19. The van der Waals surface area contributed by atoms with Gasteiger partial charge in [0.25, 0.3) is 0 Å². The molecule has 1 fully saturated rings. The number of anilines is 3. The van der Waals surface area contributed by atoms with Crippen molar-refractivity contribution in [3.8, 4) is 6.07 Å². The number of hydrogen-bond donors (Lipinski definition) is 1. The van der Waals surface area contributed by atoms with Crippen LogP contribution in [0.15, 0.2) is 30.3 Å². The van der Waals surface area contributed by atoms with Gasteiger partial charge < -0.3 is 10.2 Å². The van der Waals surface area contributed by atoms with Crippen molar-refractivity contribution >= 4 is 17.5 Å². The highest BCUT2D eigenvalue weighted by molar-refractivity contribution is 5.58. The van der Waals surface area contributed by atoms with Crippen LogP contribution in [0.1, 0.15) is 44.9 Å². The van der Waals surface area contributed by atoms with Gasteiger partial charge in [-0.25, -0.2) is 4.98 Å². The number of nitrogens with zero attached hydrogens (tertiary/aromatic N) is 5. The van der Waals surface area contributed by atoms with E-state index >= 15 is 0 Å². The zero-order valence-corrected chi connectivity index (χ0v) is 17.1. The van der Waals surface area contributed by atoms with Crippen LogP contribution < -0.4 is 10.2 Å². The second-order valence-corrected chi connectivity index (χ2v) is 7.22. The van der Waals surface area contributed by atoms with Gasteiger partial charge >= 0.3 is 0 Å². The maximum Gasteiger partial charge on any atom is 0.229 e. The van der Waals surface area contributed by atoms with Crippen molar-refractivity contribution in [1.29, 1.82) is 5.26 Å². The van der Waals surface area contributed by atoms with Crippen LogP contribution in [0.25, 0.3) is 0 Å². The number of likely N-dealkylation sites (N-methyl/N-ethyl adjacent to an activating group) is 1. The summed E-state index contributed by atoms with van der Waals surface area (Å²) >= 11 is 0. The van der Waals surface area contributed by atoms with Crippen LogP contribution in [0.5, 0.6) is 0 Å². The number of nitriles is 1. The number of aromatic nitrogens is 2. The Morgan fingerprint density at radius 1 is 1.21 bits per heavy atom. The Labute approximate surface area is 168 Å². The predicted octanol–water partition coefficient (Wildman–Crippen LogP) is 3.96. The minimum atomic E-state index is 0.586. The first-order valence-corrected chi connectivity index (χ1v) is 10.3. The minimum Gasteiger partial charge on any atom is -0.355 e. The van der Waals surface area contributed by atoms with Crippen molar-refractivity contribution < 1.29 is 0 Å². The highest BCUT2D eigenvalue weighted by Crippen LogP contribution is 2.25. The summed E-state index contributed by atoms with van der Waals surface area (Å²) < 4.78 is 0. The Kier molecular flexibility index (Phi) is 6.83. The summed E-state index contributed by atoms with van der Waals surface area (Å²) in [5, 5.41) is 12.4. The number of rotatable bonds is 8. The van der Waals surface area contributed by atoms with Gasteiger partial charge in [-0.2, -0.15) is 10.2 Å². The molecule has 6 nitrogen and oxygen atoms in total. The molecule has 2 heterocycles. The van der Waals surface area contributed by atoms with Crippen molar-refractivity contribution in [2.75, 3.05) is 36.4 Å². The van der Waals surface area contributed by atoms with Crippen molar-refractivity contribution in [2.45, 2.75) is 46.1 Å². The third-order valence-corrected chi connectivity index (χ3v) is 5.34. The predicted molar refractivity (Wildman–Crippen MR) is 114 cm³/mol. The standard InChI is InChI=1S/C22H30N6/c1-4-8-18-14-21(28-12-11-20(16-28)27(5-2)6-3)26-22(24-18)25-19-10-7-9-17(13-19)15-23/h7,9-10,13-14,20H,4-6,8,11-12,16H2,1-3H3,(H,24,25,26). The van der Waals surface area contributed by atoms with Gasteiger partial charge in [0.05, 0.1) is 11.6 Å². The lowest BCUT2D eigenvalue weighted by molar-refractivity contribution is 0.232. The molecule has 1 aliphatic rings. The smallest absolute Gasteiger partial charge is 0.229 e. The third kappa shape index (κ3) is 4.79.